The smallest absolute Gasteiger partial charge is 0.128 e. The summed E-state index contributed by atoms with van der Waals surface area (Å²) < 4.78 is 22.2. The standard InChI is InChI=1S/C55H68N2OS7/c1-9-14-17-18-19-20-23-58-53-33(7)50(52-51(34(53)8)56-65-57-52)49-31-48-47(62-49)30-46(61-48)43-28-40-38(26-36(13-5)22-16-11-3)54-39(37(55(40)64-43)25-35(12-4)21-15-10-2)27-42(63-54)45-29-44-41(60-45)24-32(6)59-44/h24,27-31,35-36,41,44H,9-23,25-26H2,1-8H3. The van der Waals surface area contributed by atoms with Gasteiger partial charge in [0.2, 0.25) is 0 Å². The van der Waals surface area contributed by atoms with Crippen LogP contribution in [0.3, 0.4) is 0 Å². The number of unbranched alkanes of at least 4 members (excludes halogenated alkanes) is 7. The van der Waals surface area contributed by atoms with Gasteiger partial charge in [-0.2, -0.15) is 8.75 Å². The Morgan fingerprint density at radius 1 is 0.569 bits per heavy atom. The van der Waals surface area contributed by atoms with Crippen molar-refractivity contribution < 1.29 is 4.74 Å². The monoisotopic (exact) mass is 996 g/mol. The molecule has 65 heavy (non-hydrogen) atoms. The molecule has 0 spiro atoms. The summed E-state index contributed by atoms with van der Waals surface area (Å²) >= 11 is 13.6. The summed E-state index contributed by atoms with van der Waals surface area (Å²) in [6.45, 7) is 19.3. The van der Waals surface area contributed by atoms with Crippen molar-refractivity contribution in [2.75, 3.05) is 6.61 Å². The first kappa shape index (κ1) is 47.9. The van der Waals surface area contributed by atoms with E-state index < -0.39 is 0 Å². The van der Waals surface area contributed by atoms with Crippen molar-refractivity contribution in [2.24, 2.45) is 11.8 Å². The molecule has 10 heteroatoms. The molecule has 0 aliphatic carbocycles. The molecule has 0 fully saturated rings. The highest BCUT2D eigenvalue weighted by atomic mass is 32.2. The van der Waals surface area contributed by atoms with Crippen LogP contribution in [0.5, 0.6) is 5.75 Å². The molecule has 7 aromatic rings. The Kier molecular flexibility index (Phi) is 15.9. The second-order valence-electron chi connectivity index (χ2n) is 18.9. The third kappa shape index (κ3) is 9.99. The first-order valence-corrected chi connectivity index (χ1v) is 30.7. The van der Waals surface area contributed by atoms with E-state index >= 15 is 0 Å². The Labute approximate surface area is 417 Å². The number of rotatable bonds is 23. The lowest BCUT2D eigenvalue weighted by molar-refractivity contribution is 0.301. The van der Waals surface area contributed by atoms with Gasteiger partial charge in [0.15, 0.2) is 0 Å². The van der Waals surface area contributed by atoms with Crippen molar-refractivity contribution in [3.05, 3.63) is 68.5 Å². The predicted molar refractivity (Wildman–Crippen MR) is 299 cm³/mol. The molecular formula is C55H68N2OS7. The number of nitrogens with zero attached hydrogens (tertiary/aromatic N) is 2. The lowest BCUT2D eigenvalue weighted by atomic mass is 9.86. The highest BCUT2D eigenvalue weighted by molar-refractivity contribution is 8.12. The SMILES string of the molecule is CCCCCCCCOc1c(C)c(-c2cc3sc(-c4cc5c(CC(CC)CCCC)c6sc(C7=CC8SC(C)=CC8S7)cc6c(CC(CC)CCCC)c5s4)cc3s2)c2nsnc2c1C. The van der Waals surface area contributed by atoms with Crippen molar-refractivity contribution in [1.82, 2.24) is 8.75 Å². The quantitative estimate of drug-likeness (QED) is 0.0597. The maximum Gasteiger partial charge on any atom is 0.128 e. The van der Waals surface area contributed by atoms with Crippen molar-refractivity contribution in [3.8, 4) is 25.9 Å². The third-order valence-corrected chi connectivity index (χ3v) is 22.5. The van der Waals surface area contributed by atoms with Gasteiger partial charge >= 0.3 is 0 Å². The van der Waals surface area contributed by atoms with Crippen LogP contribution >= 0.6 is 80.6 Å². The molecule has 4 unspecified atom stereocenters. The molecule has 4 atom stereocenters. The number of benzene rings is 2. The minimum atomic E-state index is 0.580. The van der Waals surface area contributed by atoms with E-state index in [1.807, 2.05) is 22.7 Å². The maximum absolute atomic E-state index is 6.61. The lowest BCUT2D eigenvalue weighted by Crippen LogP contribution is -2.06. The van der Waals surface area contributed by atoms with Gasteiger partial charge in [-0.15, -0.1) is 68.9 Å². The van der Waals surface area contributed by atoms with Gasteiger partial charge in [0, 0.05) is 70.4 Å². The van der Waals surface area contributed by atoms with E-state index in [0.717, 1.165) is 35.4 Å². The highest BCUT2D eigenvalue weighted by Gasteiger charge is 2.34. The van der Waals surface area contributed by atoms with E-state index in [4.69, 9.17) is 13.5 Å². The number of thiophene rings is 4. The minimum Gasteiger partial charge on any atom is -0.493 e. The Morgan fingerprint density at radius 2 is 1.14 bits per heavy atom. The van der Waals surface area contributed by atoms with E-state index in [2.05, 4.69) is 138 Å². The summed E-state index contributed by atoms with van der Waals surface area (Å²) in [4.78, 5) is 8.60. The fraction of sp³-hybridized carbons (Fsp3) is 0.527. The maximum atomic E-state index is 6.61. The molecule has 0 radical (unpaired) electrons. The third-order valence-electron chi connectivity index (χ3n) is 14.2. The van der Waals surface area contributed by atoms with Crippen LogP contribution in [0.25, 0.3) is 65.7 Å². The summed E-state index contributed by atoms with van der Waals surface area (Å²) in [5.74, 6) is 2.41. The summed E-state index contributed by atoms with van der Waals surface area (Å²) in [5.41, 5.74) is 8.77. The van der Waals surface area contributed by atoms with Gasteiger partial charge in [0.05, 0.1) is 18.3 Å². The van der Waals surface area contributed by atoms with Gasteiger partial charge in [-0.1, -0.05) is 130 Å². The number of thioether (sulfide) groups is 2. The Morgan fingerprint density at radius 3 is 1.80 bits per heavy atom. The second-order valence-corrected chi connectivity index (χ2v) is 26.3. The molecule has 2 aliphatic rings. The molecule has 346 valence electrons. The average molecular weight is 998 g/mol. The number of ether oxygens (including phenoxy) is 1. The molecule has 9 rings (SSSR count). The minimum absolute atomic E-state index is 0.580. The van der Waals surface area contributed by atoms with Crippen molar-refractivity contribution in [3.63, 3.8) is 0 Å². The molecule has 2 aliphatic heterocycles. The molecule has 0 saturated carbocycles. The van der Waals surface area contributed by atoms with Crippen molar-refractivity contribution in [1.29, 1.82) is 0 Å². The zero-order valence-electron chi connectivity index (χ0n) is 40.0. The van der Waals surface area contributed by atoms with Gasteiger partial charge in [0.1, 0.15) is 16.8 Å². The molecule has 5 aromatic heterocycles. The van der Waals surface area contributed by atoms with Crippen LogP contribution in [0, 0.1) is 25.7 Å². The molecule has 2 aromatic carbocycles. The number of fused-ring (bicyclic) bond motifs is 5. The Bertz CT molecular complexity index is 2720. The average Bonchev–Trinajstić information content (AvgIpc) is 4.16. The summed E-state index contributed by atoms with van der Waals surface area (Å²) in [5, 5.41) is 4.26. The summed E-state index contributed by atoms with van der Waals surface area (Å²) in [7, 11) is 0. The van der Waals surface area contributed by atoms with Crippen LogP contribution in [-0.2, 0) is 12.8 Å². The Balaban J connectivity index is 1.11. The number of aromatic nitrogens is 2. The zero-order chi connectivity index (χ0) is 45.2. The molecule has 7 heterocycles. The first-order chi connectivity index (χ1) is 31.7. The van der Waals surface area contributed by atoms with E-state index in [9.17, 15) is 0 Å². The molecule has 0 amide bonds. The number of allylic oxidation sites excluding steroid dienone is 1. The fourth-order valence-corrected chi connectivity index (χ4v) is 19.0. The van der Waals surface area contributed by atoms with Gasteiger partial charge < -0.3 is 4.74 Å². The summed E-state index contributed by atoms with van der Waals surface area (Å²) in [6, 6.07) is 10.2. The van der Waals surface area contributed by atoms with E-state index in [1.165, 1.54) is 158 Å². The topological polar surface area (TPSA) is 35.0 Å². The summed E-state index contributed by atoms with van der Waals surface area (Å²) in [6.07, 6.45) is 25.2. The van der Waals surface area contributed by atoms with Gasteiger partial charge in [-0.3, -0.25) is 0 Å². The zero-order valence-corrected chi connectivity index (χ0v) is 45.7. The molecule has 0 saturated heterocycles. The van der Waals surface area contributed by atoms with E-state index in [1.54, 1.807) is 31.3 Å². The molecular weight excluding hydrogens is 929 g/mol. The van der Waals surface area contributed by atoms with Gasteiger partial charge in [-0.25, -0.2) is 0 Å². The van der Waals surface area contributed by atoms with Gasteiger partial charge in [-0.05, 0) is 103 Å². The number of hydrogen-bond acceptors (Lipinski definition) is 10. The van der Waals surface area contributed by atoms with Crippen LogP contribution in [0.2, 0.25) is 0 Å². The van der Waals surface area contributed by atoms with Crippen molar-refractivity contribution in [2.45, 2.75) is 169 Å². The highest BCUT2D eigenvalue weighted by Crippen LogP contribution is 2.55. The van der Waals surface area contributed by atoms with Crippen LogP contribution in [0.1, 0.15) is 159 Å². The number of hydrogen-bond donors (Lipinski definition) is 0. The number of aryl methyl sites for hydroxylation is 1. The van der Waals surface area contributed by atoms with Crippen LogP contribution in [-0.4, -0.2) is 25.9 Å². The fourth-order valence-electron chi connectivity index (χ4n) is 10.3. The second kappa shape index (κ2) is 21.6. The molecule has 0 bridgehead atoms. The molecule has 3 nitrogen and oxygen atoms in total. The lowest BCUT2D eigenvalue weighted by Gasteiger charge is -2.20. The van der Waals surface area contributed by atoms with Crippen LogP contribution in [0.4, 0.5) is 0 Å². The molecule has 0 N–H and O–H groups in total. The first-order valence-electron chi connectivity index (χ1n) is 24.9. The van der Waals surface area contributed by atoms with Crippen molar-refractivity contribution >= 4 is 126 Å². The normalized spacial score (nSPS) is 17.3. The van der Waals surface area contributed by atoms with Crippen LogP contribution in [0.15, 0.2) is 41.3 Å². The largest absolute Gasteiger partial charge is 0.493 e. The Hall–Kier alpha value is -2.18. The van der Waals surface area contributed by atoms with E-state index in [0.29, 0.717) is 22.3 Å². The van der Waals surface area contributed by atoms with Gasteiger partial charge in [0.25, 0.3) is 0 Å². The van der Waals surface area contributed by atoms with E-state index in [-0.39, 0.29) is 0 Å². The predicted octanol–water partition coefficient (Wildman–Crippen LogP) is 20.1. The van der Waals surface area contributed by atoms with Crippen LogP contribution < -0.4 is 4.74 Å².